The predicted octanol–water partition coefficient (Wildman–Crippen LogP) is 1.29. The Morgan fingerprint density at radius 3 is 3.08 bits per heavy atom. The van der Waals surface area contributed by atoms with Crippen LogP contribution in [0, 0.1) is 0 Å². The second-order valence-electron chi connectivity index (χ2n) is 3.37. The summed E-state index contributed by atoms with van der Waals surface area (Å²) in [6.07, 6.45) is 0.702. The van der Waals surface area contributed by atoms with Crippen LogP contribution in [0.3, 0.4) is 0 Å². The van der Waals surface area contributed by atoms with Gasteiger partial charge in [0, 0.05) is 5.69 Å². The van der Waals surface area contributed by atoms with Gasteiger partial charge in [-0.15, -0.1) is 0 Å². The third-order valence-electron chi connectivity index (χ3n) is 2.00. The van der Waals surface area contributed by atoms with Crippen molar-refractivity contribution in [1.29, 1.82) is 0 Å². The minimum Gasteiger partial charge on any atom is -0.443 e. The van der Waals surface area contributed by atoms with Gasteiger partial charge in [-0.3, -0.25) is 4.98 Å². The lowest BCUT2D eigenvalue weighted by Crippen LogP contribution is -2.17. The van der Waals surface area contributed by atoms with Gasteiger partial charge >= 0.3 is 0 Å². The van der Waals surface area contributed by atoms with E-state index in [9.17, 15) is 0 Å². The number of aromatic nitrogens is 1. The van der Waals surface area contributed by atoms with Gasteiger partial charge in [-0.25, -0.2) is 0 Å². The van der Waals surface area contributed by atoms with Gasteiger partial charge < -0.3 is 15.2 Å². The quantitative estimate of drug-likeness (QED) is 0.683. The van der Waals surface area contributed by atoms with Crippen LogP contribution >= 0.6 is 0 Å². The summed E-state index contributed by atoms with van der Waals surface area (Å²) in [4.78, 5) is 4.21. The first-order chi connectivity index (χ1) is 6.16. The maximum Gasteiger partial charge on any atom is 0.279 e. The number of rotatable bonds is 1. The van der Waals surface area contributed by atoms with E-state index in [1.165, 1.54) is 0 Å². The molecule has 0 radical (unpaired) electrons. The van der Waals surface area contributed by atoms with Crippen LogP contribution in [0.5, 0.6) is 5.75 Å². The fourth-order valence-corrected chi connectivity index (χ4v) is 1.26. The molecule has 1 unspecified atom stereocenters. The summed E-state index contributed by atoms with van der Waals surface area (Å²) in [5.74, 6) is 0.988. The predicted molar refractivity (Wildman–Crippen MR) is 48.6 cm³/mol. The molecule has 0 fully saturated rings. The molecule has 4 nitrogen and oxygen atoms in total. The molecule has 4 heteroatoms. The van der Waals surface area contributed by atoms with Gasteiger partial charge in [0.25, 0.3) is 6.41 Å². The van der Waals surface area contributed by atoms with Crippen molar-refractivity contribution in [3.63, 3.8) is 0 Å². The molecule has 13 heavy (non-hydrogen) atoms. The van der Waals surface area contributed by atoms with Gasteiger partial charge in [0.1, 0.15) is 0 Å². The Morgan fingerprint density at radius 1 is 1.62 bits per heavy atom. The van der Waals surface area contributed by atoms with Gasteiger partial charge in [-0.1, -0.05) is 13.8 Å². The molecular formula is C9H12N2O2. The van der Waals surface area contributed by atoms with Gasteiger partial charge in [-0.05, 0) is 12.0 Å². The zero-order valence-corrected chi connectivity index (χ0v) is 7.61. The number of hydrogen-bond donors (Lipinski definition) is 2. The van der Waals surface area contributed by atoms with E-state index in [1.54, 1.807) is 6.20 Å². The summed E-state index contributed by atoms with van der Waals surface area (Å²) in [6, 6.07) is 1.90. The van der Waals surface area contributed by atoms with Crippen molar-refractivity contribution >= 4 is 5.69 Å². The van der Waals surface area contributed by atoms with Crippen molar-refractivity contribution in [3.8, 4) is 5.75 Å². The highest BCUT2D eigenvalue weighted by Gasteiger charge is 2.20. The molecule has 1 atom stereocenters. The van der Waals surface area contributed by atoms with Gasteiger partial charge in [0.05, 0.1) is 11.9 Å². The first-order valence-electron chi connectivity index (χ1n) is 4.28. The smallest absolute Gasteiger partial charge is 0.279 e. The van der Waals surface area contributed by atoms with Crippen molar-refractivity contribution in [2.45, 2.75) is 26.2 Å². The fraction of sp³-hybridized carbons (Fsp3) is 0.444. The standard InChI is InChI=1S/C9H12N2O2/c1-5(2)6-3-7-8(4-10-6)13-9(12)11-7/h3-5,9,11-12H,1-2H3. The Kier molecular flexibility index (Phi) is 1.84. The molecule has 0 spiro atoms. The zero-order valence-electron chi connectivity index (χ0n) is 7.61. The summed E-state index contributed by atoms with van der Waals surface area (Å²) in [7, 11) is 0. The number of anilines is 1. The average Bonchev–Trinajstić information content (AvgIpc) is 2.42. The first kappa shape index (κ1) is 8.31. The van der Waals surface area contributed by atoms with Crippen molar-refractivity contribution in [2.24, 2.45) is 0 Å². The molecule has 0 saturated carbocycles. The largest absolute Gasteiger partial charge is 0.443 e. The number of aliphatic hydroxyl groups is 1. The molecule has 0 bridgehead atoms. The lowest BCUT2D eigenvalue weighted by atomic mass is 10.1. The van der Waals surface area contributed by atoms with Crippen molar-refractivity contribution in [2.75, 3.05) is 5.32 Å². The van der Waals surface area contributed by atoms with Crippen LogP contribution in [-0.4, -0.2) is 16.5 Å². The third kappa shape index (κ3) is 1.45. The van der Waals surface area contributed by atoms with E-state index >= 15 is 0 Å². The number of pyridine rings is 1. The second-order valence-corrected chi connectivity index (χ2v) is 3.37. The number of nitrogens with one attached hydrogen (secondary N) is 1. The minimum absolute atomic E-state index is 0.379. The molecule has 1 aliphatic heterocycles. The SMILES string of the molecule is CC(C)c1cc2c(cn1)OC(O)N2. The molecule has 0 aliphatic carbocycles. The lowest BCUT2D eigenvalue weighted by Gasteiger charge is -2.04. The molecule has 1 aromatic rings. The number of ether oxygens (including phenoxy) is 1. The van der Waals surface area contributed by atoms with Gasteiger partial charge in [0.15, 0.2) is 5.75 Å². The van der Waals surface area contributed by atoms with Crippen LogP contribution in [0.1, 0.15) is 25.5 Å². The van der Waals surface area contributed by atoms with E-state index in [2.05, 4.69) is 24.1 Å². The van der Waals surface area contributed by atoms with Crippen molar-refractivity contribution in [1.82, 2.24) is 4.98 Å². The van der Waals surface area contributed by atoms with Crippen LogP contribution in [0.4, 0.5) is 5.69 Å². The van der Waals surface area contributed by atoms with Gasteiger partial charge in [-0.2, -0.15) is 0 Å². The van der Waals surface area contributed by atoms with Crippen LogP contribution in [0.2, 0.25) is 0 Å². The van der Waals surface area contributed by atoms with Crippen molar-refractivity contribution < 1.29 is 9.84 Å². The average molecular weight is 180 g/mol. The summed E-state index contributed by atoms with van der Waals surface area (Å²) in [6.45, 7) is 4.14. The summed E-state index contributed by atoms with van der Waals surface area (Å²) < 4.78 is 5.02. The van der Waals surface area contributed by atoms with E-state index in [1.807, 2.05) is 6.07 Å². The van der Waals surface area contributed by atoms with E-state index < -0.39 is 6.41 Å². The maximum atomic E-state index is 9.12. The van der Waals surface area contributed by atoms with Crippen LogP contribution in [-0.2, 0) is 0 Å². The van der Waals surface area contributed by atoms with E-state index in [-0.39, 0.29) is 0 Å². The summed E-state index contributed by atoms with van der Waals surface area (Å²) >= 11 is 0. The van der Waals surface area contributed by atoms with Crippen molar-refractivity contribution in [3.05, 3.63) is 18.0 Å². The molecule has 2 N–H and O–H groups in total. The van der Waals surface area contributed by atoms with Gasteiger partial charge in [0.2, 0.25) is 0 Å². The fourth-order valence-electron chi connectivity index (χ4n) is 1.26. The second kappa shape index (κ2) is 2.88. The molecule has 1 aliphatic rings. The number of nitrogens with zero attached hydrogens (tertiary/aromatic N) is 1. The molecule has 0 amide bonds. The molecule has 1 aromatic heterocycles. The Hall–Kier alpha value is -1.29. The summed E-state index contributed by atoms with van der Waals surface area (Å²) in [5.41, 5.74) is 1.80. The normalized spacial score (nSPS) is 19.5. The molecule has 0 aromatic carbocycles. The van der Waals surface area contributed by atoms with E-state index in [0.29, 0.717) is 11.7 Å². The molecular weight excluding hydrogens is 168 g/mol. The Bertz CT molecular complexity index is 325. The van der Waals surface area contributed by atoms with Crippen LogP contribution in [0.25, 0.3) is 0 Å². The zero-order chi connectivity index (χ0) is 9.42. The molecule has 2 heterocycles. The molecule has 0 saturated heterocycles. The van der Waals surface area contributed by atoms with Crippen LogP contribution in [0.15, 0.2) is 12.3 Å². The van der Waals surface area contributed by atoms with Crippen LogP contribution < -0.4 is 10.1 Å². The Labute approximate surface area is 76.6 Å². The maximum absolute atomic E-state index is 9.12. The minimum atomic E-state index is -0.931. The molecule has 70 valence electrons. The number of hydrogen-bond acceptors (Lipinski definition) is 4. The third-order valence-corrected chi connectivity index (χ3v) is 2.00. The number of fused-ring (bicyclic) bond motifs is 1. The topological polar surface area (TPSA) is 54.4 Å². The van der Waals surface area contributed by atoms with E-state index in [4.69, 9.17) is 9.84 Å². The van der Waals surface area contributed by atoms with E-state index in [0.717, 1.165) is 11.4 Å². The summed E-state index contributed by atoms with van der Waals surface area (Å²) in [5, 5.41) is 11.9. The first-order valence-corrected chi connectivity index (χ1v) is 4.28. The highest BCUT2D eigenvalue weighted by Crippen LogP contribution is 2.31. The highest BCUT2D eigenvalue weighted by atomic mass is 16.6. The Morgan fingerprint density at radius 2 is 2.38 bits per heavy atom. The highest BCUT2D eigenvalue weighted by molar-refractivity contribution is 5.59. The molecule has 2 rings (SSSR count). The lowest BCUT2D eigenvalue weighted by molar-refractivity contribution is 0.0209. The Balaban J connectivity index is 2.35. The number of aliphatic hydroxyl groups excluding tert-OH is 1. The monoisotopic (exact) mass is 180 g/mol.